The van der Waals surface area contributed by atoms with Crippen molar-refractivity contribution in [2.24, 2.45) is 0 Å². The van der Waals surface area contributed by atoms with E-state index in [-0.39, 0.29) is 15.9 Å². The van der Waals surface area contributed by atoms with Crippen molar-refractivity contribution < 1.29 is 8.78 Å². The Balaban J connectivity index is 3.25. The summed E-state index contributed by atoms with van der Waals surface area (Å²) in [6, 6.07) is 1.32. The Kier molecular flexibility index (Phi) is 3.61. The van der Waals surface area contributed by atoms with Crippen LogP contribution in [-0.4, -0.2) is 4.98 Å². The van der Waals surface area contributed by atoms with Crippen molar-refractivity contribution in [3.63, 3.8) is 0 Å². The lowest BCUT2D eigenvalue weighted by molar-refractivity contribution is 0.150. The standard InChI is InChI=1S/C7H6Br2F2N2/c8-2-3-1-4(6(10)11)5(9)7(12)13-3/h1,6H,2H2,(H2,12,13). The van der Waals surface area contributed by atoms with Crippen LogP contribution in [-0.2, 0) is 5.33 Å². The Morgan fingerprint density at radius 3 is 2.62 bits per heavy atom. The molecule has 72 valence electrons. The van der Waals surface area contributed by atoms with Crippen LogP contribution < -0.4 is 5.73 Å². The molecule has 0 amide bonds. The molecular weight excluding hydrogens is 310 g/mol. The molecule has 0 atom stereocenters. The lowest BCUT2D eigenvalue weighted by atomic mass is 10.2. The van der Waals surface area contributed by atoms with Gasteiger partial charge >= 0.3 is 0 Å². The minimum Gasteiger partial charge on any atom is -0.383 e. The molecular formula is C7H6Br2F2N2. The van der Waals surface area contributed by atoms with Crippen molar-refractivity contribution in [3.8, 4) is 0 Å². The molecule has 0 aliphatic heterocycles. The number of hydrogen-bond acceptors (Lipinski definition) is 2. The fourth-order valence-corrected chi connectivity index (χ4v) is 1.52. The number of aromatic nitrogens is 1. The molecule has 2 nitrogen and oxygen atoms in total. The first-order valence-corrected chi connectivity index (χ1v) is 5.26. The zero-order chi connectivity index (χ0) is 10.0. The predicted molar refractivity (Wildman–Crippen MR) is 53.9 cm³/mol. The highest BCUT2D eigenvalue weighted by Gasteiger charge is 2.15. The summed E-state index contributed by atoms with van der Waals surface area (Å²) in [5.41, 5.74) is 5.80. The molecule has 1 aromatic rings. The molecule has 0 saturated carbocycles. The molecule has 0 aliphatic rings. The number of nitrogen functional groups attached to an aromatic ring is 1. The molecule has 0 aliphatic carbocycles. The van der Waals surface area contributed by atoms with Gasteiger partial charge in [-0.05, 0) is 22.0 Å². The third-order valence-corrected chi connectivity index (χ3v) is 2.88. The Bertz CT molecular complexity index is 318. The smallest absolute Gasteiger partial charge is 0.265 e. The van der Waals surface area contributed by atoms with Crippen molar-refractivity contribution in [1.82, 2.24) is 4.98 Å². The summed E-state index contributed by atoms with van der Waals surface area (Å²) < 4.78 is 25.0. The molecule has 0 saturated heterocycles. The van der Waals surface area contributed by atoms with E-state index in [1.54, 1.807) is 0 Å². The van der Waals surface area contributed by atoms with Crippen molar-refractivity contribution in [1.29, 1.82) is 0 Å². The molecule has 1 heterocycles. The number of halogens is 4. The molecule has 0 fully saturated rings. The van der Waals surface area contributed by atoms with E-state index >= 15 is 0 Å². The van der Waals surface area contributed by atoms with Crippen molar-refractivity contribution >= 4 is 37.7 Å². The van der Waals surface area contributed by atoms with Gasteiger partial charge in [0.2, 0.25) is 0 Å². The van der Waals surface area contributed by atoms with Crippen LogP contribution in [0.1, 0.15) is 17.7 Å². The fraction of sp³-hybridized carbons (Fsp3) is 0.286. The summed E-state index contributed by atoms with van der Waals surface area (Å²) in [7, 11) is 0. The molecule has 0 radical (unpaired) electrons. The van der Waals surface area contributed by atoms with E-state index in [1.165, 1.54) is 6.07 Å². The number of hydrogen-bond donors (Lipinski definition) is 1. The normalized spacial score (nSPS) is 10.8. The molecule has 2 N–H and O–H groups in total. The third-order valence-electron chi connectivity index (χ3n) is 1.44. The van der Waals surface area contributed by atoms with Gasteiger partial charge in [-0.3, -0.25) is 0 Å². The molecule has 1 aromatic heterocycles. The number of alkyl halides is 3. The summed E-state index contributed by atoms with van der Waals surface area (Å²) in [6.45, 7) is 0. The number of nitrogens with zero attached hydrogens (tertiary/aromatic N) is 1. The minimum atomic E-state index is -2.54. The number of anilines is 1. The zero-order valence-corrected chi connectivity index (χ0v) is 9.57. The SMILES string of the molecule is Nc1nc(CBr)cc(C(F)F)c1Br. The maximum atomic E-state index is 12.4. The highest BCUT2D eigenvalue weighted by atomic mass is 79.9. The third kappa shape index (κ3) is 2.37. The van der Waals surface area contributed by atoms with Gasteiger partial charge in [-0.2, -0.15) is 0 Å². The quantitative estimate of drug-likeness (QED) is 0.851. The van der Waals surface area contributed by atoms with Crippen LogP contribution in [0.5, 0.6) is 0 Å². The molecule has 0 bridgehead atoms. The molecule has 0 spiro atoms. The van der Waals surface area contributed by atoms with E-state index in [2.05, 4.69) is 36.8 Å². The molecule has 0 unspecified atom stereocenters. The first-order valence-electron chi connectivity index (χ1n) is 3.35. The van der Waals surface area contributed by atoms with Crippen LogP contribution in [0, 0.1) is 0 Å². The average molecular weight is 316 g/mol. The highest BCUT2D eigenvalue weighted by Crippen LogP contribution is 2.31. The Hall–Kier alpha value is -0.230. The molecule has 1 rings (SSSR count). The van der Waals surface area contributed by atoms with Gasteiger partial charge in [0, 0.05) is 10.9 Å². The van der Waals surface area contributed by atoms with Crippen LogP contribution >= 0.6 is 31.9 Å². The summed E-state index contributed by atoms with van der Waals surface area (Å²) >= 11 is 6.08. The van der Waals surface area contributed by atoms with E-state index < -0.39 is 6.43 Å². The van der Waals surface area contributed by atoms with Crippen LogP contribution in [0.4, 0.5) is 14.6 Å². The van der Waals surface area contributed by atoms with Crippen LogP contribution in [0.3, 0.4) is 0 Å². The van der Waals surface area contributed by atoms with Gasteiger partial charge in [0.05, 0.1) is 10.2 Å². The molecule has 0 aromatic carbocycles. The van der Waals surface area contributed by atoms with Crippen molar-refractivity contribution in [2.45, 2.75) is 11.8 Å². The zero-order valence-electron chi connectivity index (χ0n) is 6.40. The lowest BCUT2D eigenvalue weighted by Gasteiger charge is -2.07. The van der Waals surface area contributed by atoms with Crippen LogP contribution in [0.2, 0.25) is 0 Å². The Morgan fingerprint density at radius 1 is 1.54 bits per heavy atom. The fourth-order valence-electron chi connectivity index (χ4n) is 0.854. The second-order valence-corrected chi connectivity index (χ2v) is 3.69. The van der Waals surface area contributed by atoms with Gasteiger partial charge in [-0.1, -0.05) is 15.9 Å². The van der Waals surface area contributed by atoms with Gasteiger partial charge in [0.15, 0.2) is 0 Å². The topological polar surface area (TPSA) is 38.9 Å². The Labute approximate surface area is 90.8 Å². The number of rotatable bonds is 2. The summed E-state index contributed by atoms with van der Waals surface area (Å²) in [4.78, 5) is 3.88. The van der Waals surface area contributed by atoms with E-state index in [0.717, 1.165) is 0 Å². The number of nitrogens with two attached hydrogens (primary N) is 1. The van der Waals surface area contributed by atoms with Gasteiger partial charge in [-0.25, -0.2) is 13.8 Å². The van der Waals surface area contributed by atoms with E-state index in [0.29, 0.717) is 11.0 Å². The van der Waals surface area contributed by atoms with Gasteiger partial charge in [-0.15, -0.1) is 0 Å². The lowest BCUT2D eigenvalue weighted by Crippen LogP contribution is -2.00. The minimum absolute atomic E-state index is 0.0900. The maximum Gasteiger partial charge on any atom is 0.265 e. The predicted octanol–water partition coefficient (Wildman–Crippen LogP) is 3.26. The van der Waals surface area contributed by atoms with Gasteiger partial charge in [0.25, 0.3) is 6.43 Å². The average Bonchev–Trinajstić information content (AvgIpc) is 2.09. The van der Waals surface area contributed by atoms with Gasteiger partial charge in [0.1, 0.15) is 5.82 Å². The molecule has 13 heavy (non-hydrogen) atoms. The van der Waals surface area contributed by atoms with Crippen molar-refractivity contribution in [2.75, 3.05) is 5.73 Å². The summed E-state index contributed by atoms with van der Waals surface area (Å²) in [5.74, 6) is 0.0900. The van der Waals surface area contributed by atoms with Gasteiger partial charge < -0.3 is 5.73 Å². The van der Waals surface area contributed by atoms with Crippen molar-refractivity contribution in [3.05, 3.63) is 21.8 Å². The van der Waals surface area contributed by atoms with Crippen LogP contribution in [0.25, 0.3) is 0 Å². The molecule has 6 heteroatoms. The number of pyridine rings is 1. The van der Waals surface area contributed by atoms with E-state index in [4.69, 9.17) is 5.73 Å². The Morgan fingerprint density at radius 2 is 2.15 bits per heavy atom. The summed E-state index contributed by atoms with van der Waals surface area (Å²) in [6.07, 6.45) is -2.54. The maximum absolute atomic E-state index is 12.4. The second-order valence-electron chi connectivity index (χ2n) is 2.34. The monoisotopic (exact) mass is 314 g/mol. The largest absolute Gasteiger partial charge is 0.383 e. The second kappa shape index (κ2) is 4.32. The first-order chi connectivity index (χ1) is 6.06. The van der Waals surface area contributed by atoms with E-state index in [1.807, 2.05) is 0 Å². The highest BCUT2D eigenvalue weighted by molar-refractivity contribution is 9.10. The van der Waals surface area contributed by atoms with Crippen LogP contribution in [0.15, 0.2) is 10.5 Å². The first kappa shape index (κ1) is 10.8. The van der Waals surface area contributed by atoms with E-state index in [9.17, 15) is 8.78 Å². The summed E-state index contributed by atoms with van der Waals surface area (Å²) in [5, 5.41) is 0.407.